The molecule has 0 aromatic rings. The van der Waals surface area contributed by atoms with Gasteiger partial charge < -0.3 is 4.90 Å². The number of halogens is 1. The zero-order valence-electron chi connectivity index (χ0n) is 10.8. The van der Waals surface area contributed by atoms with E-state index in [-0.39, 0.29) is 0 Å². The van der Waals surface area contributed by atoms with Crippen molar-refractivity contribution in [1.29, 1.82) is 0 Å². The molecule has 0 amide bonds. The standard InChI is InChI=1S/C14H26BrN/c1-12-5-3-6-13(9-12)16(2)11-14(10-15)7-4-8-14/h12-13H,3-11H2,1-2H3. The van der Waals surface area contributed by atoms with E-state index in [2.05, 4.69) is 34.8 Å². The molecular formula is C14H26BrN. The van der Waals surface area contributed by atoms with Gasteiger partial charge in [-0.15, -0.1) is 0 Å². The van der Waals surface area contributed by atoms with Crippen LogP contribution in [0.1, 0.15) is 51.9 Å². The average Bonchev–Trinajstić information content (AvgIpc) is 2.23. The molecule has 2 saturated carbocycles. The lowest BCUT2D eigenvalue weighted by Gasteiger charge is -2.46. The van der Waals surface area contributed by atoms with E-state index in [0.29, 0.717) is 5.41 Å². The van der Waals surface area contributed by atoms with Crippen molar-refractivity contribution < 1.29 is 0 Å². The second-order valence-electron chi connectivity index (χ2n) is 6.33. The predicted molar refractivity (Wildman–Crippen MR) is 74.1 cm³/mol. The van der Waals surface area contributed by atoms with E-state index in [0.717, 1.165) is 12.0 Å². The van der Waals surface area contributed by atoms with E-state index in [4.69, 9.17) is 0 Å². The molecular weight excluding hydrogens is 262 g/mol. The van der Waals surface area contributed by atoms with E-state index in [1.165, 1.54) is 56.8 Å². The van der Waals surface area contributed by atoms with E-state index in [1.807, 2.05) is 0 Å². The molecule has 2 fully saturated rings. The molecule has 0 spiro atoms. The van der Waals surface area contributed by atoms with Crippen molar-refractivity contribution >= 4 is 15.9 Å². The molecule has 0 aromatic heterocycles. The third-order valence-electron chi connectivity index (χ3n) is 4.81. The molecule has 2 heteroatoms. The summed E-state index contributed by atoms with van der Waals surface area (Å²) in [6, 6.07) is 0.861. The van der Waals surface area contributed by atoms with E-state index < -0.39 is 0 Å². The van der Waals surface area contributed by atoms with Crippen LogP contribution in [-0.2, 0) is 0 Å². The van der Waals surface area contributed by atoms with Gasteiger partial charge in [-0.05, 0) is 44.1 Å². The first kappa shape index (κ1) is 12.9. The Balaban J connectivity index is 1.84. The van der Waals surface area contributed by atoms with Crippen LogP contribution in [-0.4, -0.2) is 29.9 Å². The van der Waals surface area contributed by atoms with E-state index in [9.17, 15) is 0 Å². The first-order valence-corrected chi connectivity index (χ1v) is 8.03. The molecule has 2 unspecified atom stereocenters. The minimum absolute atomic E-state index is 0.620. The van der Waals surface area contributed by atoms with Crippen molar-refractivity contribution in [3.8, 4) is 0 Å². The van der Waals surface area contributed by atoms with Crippen molar-refractivity contribution in [3.05, 3.63) is 0 Å². The molecule has 0 heterocycles. The summed E-state index contributed by atoms with van der Waals surface area (Å²) in [5, 5.41) is 1.20. The summed E-state index contributed by atoms with van der Waals surface area (Å²) in [5.74, 6) is 0.947. The van der Waals surface area contributed by atoms with Crippen LogP contribution in [0.4, 0.5) is 0 Å². The number of hydrogen-bond acceptors (Lipinski definition) is 1. The highest BCUT2D eigenvalue weighted by molar-refractivity contribution is 9.09. The highest BCUT2D eigenvalue weighted by Gasteiger charge is 2.38. The summed E-state index contributed by atoms with van der Waals surface area (Å²) < 4.78 is 0. The van der Waals surface area contributed by atoms with Crippen LogP contribution in [0.15, 0.2) is 0 Å². The van der Waals surface area contributed by atoms with Gasteiger partial charge in [-0.25, -0.2) is 0 Å². The Morgan fingerprint density at radius 1 is 1.25 bits per heavy atom. The van der Waals surface area contributed by atoms with Gasteiger partial charge in [0.05, 0.1) is 0 Å². The summed E-state index contributed by atoms with van der Waals surface area (Å²) in [6.07, 6.45) is 10.1. The van der Waals surface area contributed by atoms with Crippen LogP contribution in [0.3, 0.4) is 0 Å². The van der Waals surface area contributed by atoms with E-state index in [1.54, 1.807) is 0 Å². The van der Waals surface area contributed by atoms with Gasteiger partial charge in [-0.1, -0.05) is 42.1 Å². The van der Waals surface area contributed by atoms with Crippen molar-refractivity contribution in [3.63, 3.8) is 0 Å². The van der Waals surface area contributed by atoms with Crippen LogP contribution in [0.2, 0.25) is 0 Å². The zero-order valence-corrected chi connectivity index (χ0v) is 12.4. The van der Waals surface area contributed by atoms with Crippen molar-refractivity contribution in [2.75, 3.05) is 18.9 Å². The highest BCUT2D eigenvalue weighted by Crippen LogP contribution is 2.43. The predicted octanol–water partition coefficient (Wildman–Crippen LogP) is 4.06. The molecule has 2 rings (SSSR count). The van der Waals surface area contributed by atoms with Crippen LogP contribution in [0.25, 0.3) is 0 Å². The normalized spacial score (nSPS) is 33.8. The van der Waals surface area contributed by atoms with Gasteiger partial charge in [-0.2, -0.15) is 0 Å². The molecule has 94 valence electrons. The Bertz CT molecular complexity index is 219. The van der Waals surface area contributed by atoms with Gasteiger partial charge >= 0.3 is 0 Å². The first-order valence-electron chi connectivity index (χ1n) is 6.91. The van der Waals surface area contributed by atoms with Crippen molar-refractivity contribution in [1.82, 2.24) is 4.90 Å². The monoisotopic (exact) mass is 287 g/mol. The maximum absolute atomic E-state index is 3.72. The Hall–Kier alpha value is 0.440. The fourth-order valence-corrected chi connectivity index (χ4v) is 4.21. The van der Waals surface area contributed by atoms with Crippen LogP contribution in [0, 0.1) is 11.3 Å². The van der Waals surface area contributed by atoms with Crippen LogP contribution >= 0.6 is 15.9 Å². The Kier molecular flexibility index (Phi) is 4.34. The smallest absolute Gasteiger partial charge is 0.0100 e. The lowest BCUT2D eigenvalue weighted by molar-refractivity contribution is 0.0631. The molecule has 0 aromatic carbocycles. The van der Waals surface area contributed by atoms with Gasteiger partial charge in [0, 0.05) is 17.9 Å². The highest BCUT2D eigenvalue weighted by atomic mass is 79.9. The second-order valence-corrected chi connectivity index (χ2v) is 6.89. The molecule has 0 saturated heterocycles. The average molecular weight is 288 g/mol. The van der Waals surface area contributed by atoms with Gasteiger partial charge in [0.15, 0.2) is 0 Å². The molecule has 16 heavy (non-hydrogen) atoms. The first-order chi connectivity index (χ1) is 7.65. The molecule has 0 bridgehead atoms. The quantitative estimate of drug-likeness (QED) is 0.705. The lowest BCUT2D eigenvalue weighted by Crippen LogP contribution is -2.46. The molecule has 0 N–H and O–H groups in total. The third kappa shape index (κ3) is 2.81. The van der Waals surface area contributed by atoms with Gasteiger partial charge in [0.2, 0.25) is 0 Å². The third-order valence-corrected chi connectivity index (χ3v) is 6.00. The fraction of sp³-hybridized carbons (Fsp3) is 1.00. The Morgan fingerprint density at radius 3 is 2.50 bits per heavy atom. The Labute approximate surface area is 109 Å². The minimum Gasteiger partial charge on any atom is -0.303 e. The number of rotatable bonds is 4. The zero-order chi connectivity index (χ0) is 11.6. The maximum Gasteiger partial charge on any atom is 0.0100 e. The van der Waals surface area contributed by atoms with Gasteiger partial charge in [-0.3, -0.25) is 0 Å². The largest absolute Gasteiger partial charge is 0.303 e. The number of hydrogen-bond donors (Lipinski definition) is 0. The van der Waals surface area contributed by atoms with Crippen molar-refractivity contribution in [2.45, 2.75) is 57.9 Å². The maximum atomic E-state index is 3.72. The van der Waals surface area contributed by atoms with Gasteiger partial charge in [0.25, 0.3) is 0 Å². The van der Waals surface area contributed by atoms with Crippen LogP contribution < -0.4 is 0 Å². The molecule has 2 atom stereocenters. The Morgan fingerprint density at radius 2 is 2.00 bits per heavy atom. The molecule has 0 aliphatic heterocycles. The number of alkyl halides is 1. The minimum atomic E-state index is 0.620. The molecule has 0 radical (unpaired) electrons. The SMILES string of the molecule is CC1CCCC(N(C)CC2(CBr)CCC2)C1. The molecule has 2 aliphatic carbocycles. The second kappa shape index (κ2) is 5.39. The summed E-state index contributed by atoms with van der Waals surface area (Å²) in [4.78, 5) is 2.66. The number of nitrogens with zero attached hydrogens (tertiary/aromatic N) is 1. The molecule has 1 nitrogen and oxygen atoms in total. The lowest BCUT2D eigenvalue weighted by atomic mass is 9.69. The van der Waals surface area contributed by atoms with Crippen molar-refractivity contribution in [2.24, 2.45) is 11.3 Å². The summed E-state index contributed by atoms with van der Waals surface area (Å²) in [5.41, 5.74) is 0.620. The van der Waals surface area contributed by atoms with E-state index >= 15 is 0 Å². The topological polar surface area (TPSA) is 3.24 Å². The fourth-order valence-electron chi connectivity index (χ4n) is 3.47. The summed E-state index contributed by atoms with van der Waals surface area (Å²) in [7, 11) is 2.35. The summed E-state index contributed by atoms with van der Waals surface area (Å²) >= 11 is 3.72. The van der Waals surface area contributed by atoms with Gasteiger partial charge in [0.1, 0.15) is 0 Å². The summed E-state index contributed by atoms with van der Waals surface area (Å²) in [6.45, 7) is 3.74. The van der Waals surface area contributed by atoms with Crippen LogP contribution in [0.5, 0.6) is 0 Å². The molecule has 2 aliphatic rings.